The Bertz CT molecular complexity index is 398. The fourth-order valence-electron chi connectivity index (χ4n) is 3.04. The molecule has 0 aromatic heterocycles. The van der Waals surface area contributed by atoms with Crippen molar-refractivity contribution in [2.45, 2.75) is 44.6 Å². The summed E-state index contributed by atoms with van der Waals surface area (Å²) < 4.78 is 0. The molecular formula is C15H20ClN. The largest absolute Gasteiger partial charge is 0.310 e. The first-order chi connectivity index (χ1) is 8.33. The van der Waals surface area contributed by atoms with Crippen LogP contribution in [0.1, 0.15) is 49.3 Å². The zero-order valence-corrected chi connectivity index (χ0v) is 11.0. The Kier molecular flexibility index (Phi) is 3.39. The summed E-state index contributed by atoms with van der Waals surface area (Å²) >= 11 is 6.02. The van der Waals surface area contributed by atoms with E-state index in [0.717, 1.165) is 10.9 Å². The van der Waals surface area contributed by atoms with Gasteiger partial charge in [0.2, 0.25) is 0 Å². The highest BCUT2D eigenvalue weighted by molar-refractivity contribution is 6.30. The van der Waals surface area contributed by atoms with Gasteiger partial charge in [-0.05, 0) is 55.0 Å². The second-order valence-electron chi connectivity index (χ2n) is 5.47. The molecule has 1 nitrogen and oxygen atoms in total. The van der Waals surface area contributed by atoms with Crippen LogP contribution < -0.4 is 5.32 Å². The van der Waals surface area contributed by atoms with Crippen LogP contribution in [0.2, 0.25) is 5.02 Å². The second kappa shape index (κ2) is 4.99. The summed E-state index contributed by atoms with van der Waals surface area (Å²) in [6.45, 7) is 1.18. The maximum absolute atomic E-state index is 6.02. The summed E-state index contributed by atoms with van der Waals surface area (Å²) in [5, 5.41) is 4.59. The molecule has 0 aliphatic heterocycles. The zero-order valence-electron chi connectivity index (χ0n) is 10.2. The maximum atomic E-state index is 6.02. The van der Waals surface area contributed by atoms with Crippen molar-refractivity contribution in [3.05, 3.63) is 34.3 Å². The molecule has 0 radical (unpaired) electrons. The van der Waals surface area contributed by atoms with E-state index in [0.29, 0.717) is 6.04 Å². The van der Waals surface area contributed by atoms with E-state index in [4.69, 9.17) is 11.6 Å². The number of rotatable bonds is 4. The van der Waals surface area contributed by atoms with Gasteiger partial charge < -0.3 is 5.32 Å². The molecule has 1 unspecified atom stereocenters. The maximum Gasteiger partial charge on any atom is 0.0408 e. The normalized spacial score (nSPS) is 23.5. The van der Waals surface area contributed by atoms with Crippen LogP contribution in [0, 0.1) is 5.92 Å². The van der Waals surface area contributed by atoms with Gasteiger partial charge in [0.05, 0.1) is 0 Å². The molecule has 1 fully saturated rings. The molecule has 0 heterocycles. The first-order valence-electron chi connectivity index (χ1n) is 6.84. The van der Waals surface area contributed by atoms with Crippen LogP contribution in [0.15, 0.2) is 18.2 Å². The highest BCUT2D eigenvalue weighted by Gasteiger charge is 2.23. The van der Waals surface area contributed by atoms with E-state index in [1.165, 1.54) is 56.2 Å². The van der Waals surface area contributed by atoms with Gasteiger partial charge in [-0.15, -0.1) is 0 Å². The SMILES string of the molecule is Clc1ccc2c(c1)CCC2NCCC1CCC1. The average Bonchev–Trinajstić information content (AvgIpc) is 2.64. The minimum Gasteiger partial charge on any atom is -0.310 e. The summed E-state index contributed by atoms with van der Waals surface area (Å²) in [6.07, 6.45) is 8.14. The Hall–Kier alpha value is -0.530. The molecule has 17 heavy (non-hydrogen) atoms. The Morgan fingerprint density at radius 2 is 2.12 bits per heavy atom. The van der Waals surface area contributed by atoms with E-state index in [-0.39, 0.29) is 0 Å². The number of fused-ring (bicyclic) bond motifs is 1. The second-order valence-corrected chi connectivity index (χ2v) is 5.91. The third-order valence-corrected chi connectivity index (χ3v) is 4.59. The number of nitrogens with one attached hydrogen (secondary N) is 1. The van der Waals surface area contributed by atoms with E-state index in [9.17, 15) is 0 Å². The van der Waals surface area contributed by atoms with Crippen LogP contribution >= 0.6 is 11.6 Å². The Balaban J connectivity index is 1.55. The van der Waals surface area contributed by atoms with Crippen molar-refractivity contribution in [3.8, 4) is 0 Å². The number of hydrogen-bond acceptors (Lipinski definition) is 1. The van der Waals surface area contributed by atoms with Gasteiger partial charge in [0, 0.05) is 11.1 Å². The summed E-state index contributed by atoms with van der Waals surface area (Å²) in [7, 11) is 0. The van der Waals surface area contributed by atoms with Crippen LogP contribution in [0.4, 0.5) is 0 Å². The molecule has 2 heteroatoms. The van der Waals surface area contributed by atoms with Gasteiger partial charge in [-0.2, -0.15) is 0 Å². The molecule has 2 aliphatic rings. The fraction of sp³-hybridized carbons (Fsp3) is 0.600. The number of hydrogen-bond donors (Lipinski definition) is 1. The number of aryl methyl sites for hydroxylation is 1. The Morgan fingerprint density at radius 1 is 1.24 bits per heavy atom. The third-order valence-electron chi connectivity index (χ3n) is 4.35. The highest BCUT2D eigenvalue weighted by atomic mass is 35.5. The van der Waals surface area contributed by atoms with Gasteiger partial charge >= 0.3 is 0 Å². The van der Waals surface area contributed by atoms with Gasteiger partial charge in [0.25, 0.3) is 0 Å². The smallest absolute Gasteiger partial charge is 0.0408 e. The summed E-state index contributed by atoms with van der Waals surface area (Å²) in [5.74, 6) is 1.01. The molecule has 3 rings (SSSR count). The Morgan fingerprint density at radius 3 is 2.88 bits per heavy atom. The molecule has 1 aromatic carbocycles. The van der Waals surface area contributed by atoms with E-state index in [1.807, 2.05) is 6.07 Å². The highest BCUT2D eigenvalue weighted by Crippen LogP contribution is 2.33. The lowest BCUT2D eigenvalue weighted by Gasteiger charge is -2.26. The van der Waals surface area contributed by atoms with Gasteiger partial charge in [-0.1, -0.05) is 36.9 Å². The molecule has 2 aliphatic carbocycles. The van der Waals surface area contributed by atoms with Gasteiger partial charge in [-0.3, -0.25) is 0 Å². The minimum atomic E-state index is 0.572. The minimum absolute atomic E-state index is 0.572. The van der Waals surface area contributed by atoms with Crippen molar-refractivity contribution in [1.82, 2.24) is 5.32 Å². The molecule has 0 bridgehead atoms. The van der Waals surface area contributed by atoms with Gasteiger partial charge in [0.15, 0.2) is 0 Å². The summed E-state index contributed by atoms with van der Waals surface area (Å²) in [6, 6.07) is 6.92. The molecule has 0 spiro atoms. The molecule has 1 saturated carbocycles. The molecule has 0 saturated heterocycles. The predicted octanol–water partition coefficient (Wildman–Crippen LogP) is 4.11. The number of benzene rings is 1. The monoisotopic (exact) mass is 249 g/mol. The van der Waals surface area contributed by atoms with Crippen molar-refractivity contribution in [1.29, 1.82) is 0 Å². The van der Waals surface area contributed by atoms with Gasteiger partial charge in [0.1, 0.15) is 0 Å². The molecule has 1 N–H and O–H groups in total. The first kappa shape index (κ1) is 11.6. The van der Waals surface area contributed by atoms with Gasteiger partial charge in [-0.25, -0.2) is 0 Å². The Labute approximate surface area is 109 Å². The van der Waals surface area contributed by atoms with Crippen molar-refractivity contribution in [2.24, 2.45) is 5.92 Å². The molecule has 0 amide bonds. The van der Waals surface area contributed by atoms with Crippen LogP contribution in [-0.2, 0) is 6.42 Å². The lowest BCUT2D eigenvalue weighted by molar-refractivity contribution is 0.287. The van der Waals surface area contributed by atoms with Crippen LogP contribution in [0.3, 0.4) is 0 Å². The quantitative estimate of drug-likeness (QED) is 0.847. The third kappa shape index (κ3) is 2.51. The van der Waals surface area contributed by atoms with E-state index in [2.05, 4.69) is 17.4 Å². The standard InChI is InChI=1S/C15H20ClN/c16-13-5-6-14-12(10-13)4-7-15(14)17-9-8-11-2-1-3-11/h5-6,10-11,15,17H,1-4,7-9H2. The van der Waals surface area contributed by atoms with Crippen molar-refractivity contribution < 1.29 is 0 Å². The first-order valence-corrected chi connectivity index (χ1v) is 7.22. The average molecular weight is 250 g/mol. The predicted molar refractivity (Wildman–Crippen MR) is 72.5 cm³/mol. The fourth-order valence-corrected chi connectivity index (χ4v) is 3.24. The lowest BCUT2D eigenvalue weighted by Crippen LogP contribution is -2.24. The van der Waals surface area contributed by atoms with Crippen molar-refractivity contribution in [3.63, 3.8) is 0 Å². The van der Waals surface area contributed by atoms with Crippen LogP contribution in [-0.4, -0.2) is 6.54 Å². The molecule has 1 atom stereocenters. The molecule has 1 aromatic rings. The molecule has 92 valence electrons. The molecular weight excluding hydrogens is 230 g/mol. The summed E-state index contributed by atoms with van der Waals surface area (Å²) in [4.78, 5) is 0. The van der Waals surface area contributed by atoms with E-state index in [1.54, 1.807) is 0 Å². The van der Waals surface area contributed by atoms with Crippen LogP contribution in [0.25, 0.3) is 0 Å². The van der Waals surface area contributed by atoms with Crippen molar-refractivity contribution >= 4 is 11.6 Å². The lowest BCUT2D eigenvalue weighted by atomic mass is 9.83. The van der Waals surface area contributed by atoms with Crippen molar-refractivity contribution in [2.75, 3.05) is 6.54 Å². The number of halogens is 1. The van der Waals surface area contributed by atoms with E-state index >= 15 is 0 Å². The van der Waals surface area contributed by atoms with E-state index < -0.39 is 0 Å². The van der Waals surface area contributed by atoms with Crippen LogP contribution in [0.5, 0.6) is 0 Å². The zero-order chi connectivity index (χ0) is 11.7. The topological polar surface area (TPSA) is 12.0 Å². The summed E-state index contributed by atoms with van der Waals surface area (Å²) in [5.41, 5.74) is 2.92.